The summed E-state index contributed by atoms with van der Waals surface area (Å²) in [5.74, 6) is 0.144. The predicted molar refractivity (Wildman–Crippen MR) is 134 cm³/mol. The zero-order valence-electron chi connectivity index (χ0n) is 18.6. The number of ketones is 1. The average molecular weight is 555 g/mol. The summed E-state index contributed by atoms with van der Waals surface area (Å²) in [6.07, 6.45) is 4.97. The van der Waals surface area contributed by atoms with Crippen molar-refractivity contribution in [2.24, 2.45) is 11.1 Å². The van der Waals surface area contributed by atoms with Gasteiger partial charge in [0.2, 0.25) is 5.78 Å². The fourth-order valence-corrected chi connectivity index (χ4v) is 7.06. The maximum atomic E-state index is 13.4. The van der Waals surface area contributed by atoms with Crippen LogP contribution >= 0.6 is 22.9 Å². The predicted octanol–water partition coefficient (Wildman–Crippen LogP) is 3.70. The van der Waals surface area contributed by atoms with E-state index in [1.54, 1.807) is 30.3 Å². The number of halogens is 1. The van der Waals surface area contributed by atoms with Gasteiger partial charge < -0.3 is 9.87 Å². The molecule has 0 bridgehead atoms. The minimum absolute atomic E-state index is 0.0125. The van der Waals surface area contributed by atoms with Crippen molar-refractivity contribution in [3.05, 3.63) is 63.2 Å². The molecule has 9 nitrogen and oxygen atoms in total. The Morgan fingerprint density at radius 1 is 1.37 bits per heavy atom. The van der Waals surface area contributed by atoms with Crippen molar-refractivity contribution in [1.29, 1.82) is 0 Å². The SMILES string of the molecule is Cc1sc(C(=O)c2cncnc2N[C@H]2CC[C@@H](COS(N)(=O)=O)C2)cc1[S+]([O-])c1cccc(Cl)c1. The molecule has 0 amide bonds. The molecule has 1 saturated carbocycles. The zero-order valence-corrected chi connectivity index (χ0v) is 21.8. The molecule has 1 fully saturated rings. The molecule has 1 aliphatic carbocycles. The number of aryl methyl sites for hydroxylation is 1. The van der Waals surface area contributed by atoms with E-state index < -0.39 is 21.5 Å². The van der Waals surface area contributed by atoms with Gasteiger partial charge in [0, 0.05) is 40.6 Å². The number of aromatic nitrogens is 2. The summed E-state index contributed by atoms with van der Waals surface area (Å²) >= 11 is 5.82. The van der Waals surface area contributed by atoms with E-state index in [1.807, 2.05) is 6.92 Å². The first-order valence-electron chi connectivity index (χ1n) is 10.7. The summed E-state index contributed by atoms with van der Waals surface area (Å²) in [6, 6.07) is 8.45. The van der Waals surface area contributed by atoms with Crippen LogP contribution in [-0.2, 0) is 25.7 Å². The van der Waals surface area contributed by atoms with Gasteiger partial charge in [0.15, 0.2) is 9.79 Å². The third-order valence-electron chi connectivity index (χ3n) is 5.61. The number of nitrogens with zero attached hydrogens (tertiary/aromatic N) is 2. The normalized spacial score (nSPS) is 19.0. The van der Waals surface area contributed by atoms with Crippen LogP contribution in [0.4, 0.5) is 5.82 Å². The standard InChI is InChI=1S/C22H23ClN4O5S3/c1-13-20(34(29)17-4-2-3-15(23)8-17)9-19(33-13)21(28)18-10-25-12-26-22(18)27-16-6-5-14(7-16)11-32-35(24,30)31/h2-4,8-10,12,14,16H,5-7,11H2,1H3,(H2,24,30,31)(H,25,26,27)/t14-,16+,34?/m1/s1. The fourth-order valence-electron chi connectivity index (χ4n) is 3.96. The number of anilines is 1. The Hall–Kier alpha value is -2.06. The molecule has 13 heteroatoms. The van der Waals surface area contributed by atoms with Gasteiger partial charge in [-0.15, -0.1) is 11.3 Å². The molecule has 1 aromatic carbocycles. The number of carbonyl (C=O) groups excluding carboxylic acids is 1. The minimum Gasteiger partial charge on any atom is -0.606 e. The third kappa shape index (κ3) is 6.58. The molecule has 0 aliphatic heterocycles. The molecule has 3 N–H and O–H groups in total. The highest BCUT2D eigenvalue weighted by molar-refractivity contribution is 7.91. The van der Waals surface area contributed by atoms with Crippen LogP contribution < -0.4 is 10.5 Å². The number of carbonyl (C=O) groups is 1. The van der Waals surface area contributed by atoms with Crippen LogP contribution in [0.3, 0.4) is 0 Å². The molecular weight excluding hydrogens is 532 g/mol. The van der Waals surface area contributed by atoms with Gasteiger partial charge in [0.05, 0.1) is 21.9 Å². The highest BCUT2D eigenvalue weighted by Crippen LogP contribution is 2.34. The van der Waals surface area contributed by atoms with E-state index in [9.17, 15) is 17.8 Å². The van der Waals surface area contributed by atoms with Crippen molar-refractivity contribution in [3.63, 3.8) is 0 Å². The number of nitrogens with two attached hydrogens (primary N) is 1. The fraction of sp³-hybridized carbons (Fsp3) is 0.318. The Labute approximate surface area is 215 Å². The number of rotatable bonds is 9. The second-order valence-electron chi connectivity index (χ2n) is 8.17. The molecule has 186 valence electrons. The molecule has 4 rings (SSSR count). The molecule has 3 atom stereocenters. The minimum atomic E-state index is -3.98. The summed E-state index contributed by atoms with van der Waals surface area (Å²) in [4.78, 5) is 24.0. The maximum absolute atomic E-state index is 13.4. The highest BCUT2D eigenvalue weighted by Gasteiger charge is 2.29. The molecule has 1 unspecified atom stereocenters. The Morgan fingerprint density at radius 2 is 2.17 bits per heavy atom. The van der Waals surface area contributed by atoms with Crippen LogP contribution in [0.5, 0.6) is 0 Å². The van der Waals surface area contributed by atoms with Crippen molar-refractivity contribution < 1.29 is 21.9 Å². The van der Waals surface area contributed by atoms with Gasteiger partial charge in [0.25, 0.3) is 0 Å². The average Bonchev–Trinajstić information content (AvgIpc) is 3.43. The number of benzene rings is 1. The lowest BCUT2D eigenvalue weighted by Crippen LogP contribution is -2.22. The van der Waals surface area contributed by atoms with Crippen LogP contribution in [-0.4, -0.2) is 41.4 Å². The molecular formula is C22H23ClN4O5S3. The molecule has 0 radical (unpaired) electrons. The summed E-state index contributed by atoms with van der Waals surface area (Å²) in [7, 11) is -3.98. The van der Waals surface area contributed by atoms with Crippen LogP contribution in [0.2, 0.25) is 5.02 Å². The highest BCUT2D eigenvalue weighted by atomic mass is 35.5. The van der Waals surface area contributed by atoms with Crippen LogP contribution in [0, 0.1) is 12.8 Å². The lowest BCUT2D eigenvalue weighted by atomic mass is 10.1. The summed E-state index contributed by atoms with van der Waals surface area (Å²) in [5.41, 5.74) is 0.304. The van der Waals surface area contributed by atoms with Gasteiger partial charge in [-0.05, 0) is 44.2 Å². The van der Waals surface area contributed by atoms with E-state index in [1.165, 1.54) is 23.9 Å². The molecule has 1 aliphatic rings. The maximum Gasteiger partial charge on any atom is 0.333 e. The van der Waals surface area contributed by atoms with Gasteiger partial charge in [-0.2, -0.15) is 8.42 Å². The van der Waals surface area contributed by atoms with Crippen molar-refractivity contribution in [2.45, 2.75) is 42.0 Å². The Balaban J connectivity index is 1.49. The first kappa shape index (κ1) is 26.0. The molecule has 3 aromatic rings. The molecule has 35 heavy (non-hydrogen) atoms. The Kier molecular flexibility index (Phi) is 8.11. The van der Waals surface area contributed by atoms with Crippen molar-refractivity contribution in [3.8, 4) is 0 Å². The van der Waals surface area contributed by atoms with Crippen LogP contribution in [0.15, 0.2) is 52.6 Å². The van der Waals surface area contributed by atoms with Gasteiger partial charge >= 0.3 is 10.3 Å². The lowest BCUT2D eigenvalue weighted by Gasteiger charge is -2.15. The van der Waals surface area contributed by atoms with Crippen molar-refractivity contribution >= 4 is 56.0 Å². The van der Waals surface area contributed by atoms with E-state index >= 15 is 0 Å². The summed E-state index contributed by atoms with van der Waals surface area (Å²) < 4.78 is 39.9. The third-order valence-corrected chi connectivity index (χ3v) is 9.00. The summed E-state index contributed by atoms with van der Waals surface area (Å²) in [6.45, 7) is 1.84. The smallest absolute Gasteiger partial charge is 0.333 e. The molecule has 2 heterocycles. The number of thiophene rings is 1. The Bertz CT molecular complexity index is 1330. The zero-order chi connectivity index (χ0) is 25.2. The van der Waals surface area contributed by atoms with E-state index in [2.05, 4.69) is 15.3 Å². The first-order valence-corrected chi connectivity index (χ1v) is 14.5. The summed E-state index contributed by atoms with van der Waals surface area (Å²) in [5, 5.41) is 8.68. The lowest BCUT2D eigenvalue weighted by molar-refractivity contribution is 0.104. The topological polar surface area (TPSA) is 147 Å². The number of hydrogen-bond acceptors (Lipinski definition) is 9. The number of hydrogen-bond donors (Lipinski definition) is 2. The van der Waals surface area contributed by atoms with E-state index in [0.717, 1.165) is 17.7 Å². The van der Waals surface area contributed by atoms with Gasteiger partial charge in [0.1, 0.15) is 12.1 Å². The van der Waals surface area contributed by atoms with E-state index in [-0.39, 0.29) is 24.3 Å². The van der Waals surface area contributed by atoms with Crippen molar-refractivity contribution in [1.82, 2.24) is 9.97 Å². The molecule has 2 aromatic heterocycles. The second-order valence-corrected chi connectivity index (χ2v) is 12.5. The van der Waals surface area contributed by atoms with E-state index in [4.69, 9.17) is 20.9 Å². The van der Waals surface area contributed by atoms with Crippen LogP contribution in [0.25, 0.3) is 0 Å². The largest absolute Gasteiger partial charge is 0.606 e. The Morgan fingerprint density at radius 3 is 2.91 bits per heavy atom. The monoisotopic (exact) mass is 554 g/mol. The number of nitrogens with one attached hydrogen (secondary N) is 1. The molecule has 0 spiro atoms. The van der Waals surface area contributed by atoms with Crippen LogP contribution in [0.1, 0.15) is 39.4 Å². The molecule has 0 saturated heterocycles. The first-order chi connectivity index (χ1) is 16.6. The van der Waals surface area contributed by atoms with Gasteiger partial charge in [-0.25, -0.2) is 15.1 Å². The van der Waals surface area contributed by atoms with E-state index in [0.29, 0.717) is 37.5 Å². The second kappa shape index (κ2) is 10.9. The van der Waals surface area contributed by atoms with Gasteiger partial charge in [-0.1, -0.05) is 17.7 Å². The quantitative estimate of drug-likeness (QED) is 0.300. The van der Waals surface area contributed by atoms with Crippen molar-refractivity contribution in [2.75, 3.05) is 11.9 Å². The van der Waals surface area contributed by atoms with Gasteiger partial charge in [-0.3, -0.25) is 8.98 Å².